The molecule has 0 atom stereocenters. The molecule has 0 aliphatic carbocycles. The lowest BCUT2D eigenvalue weighted by Crippen LogP contribution is -1.96. The van der Waals surface area contributed by atoms with Crippen molar-refractivity contribution in [1.29, 1.82) is 0 Å². The zero-order valence-corrected chi connectivity index (χ0v) is 13.8. The summed E-state index contributed by atoms with van der Waals surface area (Å²) < 4.78 is 10.5. The Kier molecular flexibility index (Phi) is 4.33. The number of ether oxygens (including phenoxy) is 2. The van der Waals surface area contributed by atoms with Crippen molar-refractivity contribution in [2.75, 3.05) is 14.2 Å². The molecule has 0 bridgehead atoms. The molecule has 0 aliphatic rings. The summed E-state index contributed by atoms with van der Waals surface area (Å²) in [6, 6.07) is 11.3. The van der Waals surface area contributed by atoms with Crippen LogP contribution in [0.1, 0.15) is 21.7 Å². The van der Waals surface area contributed by atoms with E-state index in [-0.39, 0.29) is 5.78 Å². The fourth-order valence-corrected chi connectivity index (χ4v) is 2.45. The molecule has 0 amide bonds. The van der Waals surface area contributed by atoms with Gasteiger partial charge in [-0.3, -0.25) is 4.79 Å². The van der Waals surface area contributed by atoms with E-state index in [1.807, 2.05) is 37.3 Å². The molecule has 1 heterocycles. The number of nitrogens with one attached hydrogen (secondary N) is 1. The summed E-state index contributed by atoms with van der Waals surface area (Å²) >= 11 is 0. The van der Waals surface area contributed by atoms with Crippen molar-refractivity contribution in [3.05, 3.63) is 59.4 Å². The molecule has 1 aromatic heterocycles. The first-order chi connectivity index (χ1) is 11.6. The van der Waals surface area contributed by atoms with E-state index in [0.29, 0.717) is 17.3 Å². The van der Waals surface area contributed by atoms with Crippen molar-refractivity contribution in [1.82, 2.24) is 9.97 Å². The summed E-state index contributed by atoms with van der Waals surface area (Å²) in [7, 11) is 3.16. The van der Waals surface area contributed by atoms with E-state index in [1.165, 1.54) is 6.08 Å². The van der Waals surface area contributed by atoms with Crippen LogP contribution in [0, 0.1) is 6.92 Å². The largest absolute Gasteiger partial charge is 0.493 e. The van der Waals surface area contributed by atoms with E-state index in [0.717, 1.165) is 22.2 Å². The minimum atomic E-state index is -0.182. The zero-order chi connectivity index (χ0) is 17.1. The van der Waals surface area contributed by atoms with E-state index in [9.17, 15) is 4.79 Å². The van der Waals surface area contributed by atoms with Crippen LogP contribution in [0.3, 0.4) is 0 Å². The average Bonchev–Trinajstić information content (AvgIpc) is 3.02. The van der Waals surface area contributed by atoms with Crippen LogP contribution in [0.25, 0.3) is 17.1 Å². The molecule has 0 radical (unpaired) electrons. The van der Waals surface area contributed by atoms with E-state index in [4.69, 9.17) is 9.47 Å². The van der Waals surface area contributed by atoms with E-state index in [1.54, 1.807) is 26.4 Å². The highest BCUT2D eigenvalue weighted by atomic mass is 16.5. The van der Waals surface area contributed by atoms with Gasteiger partial charge in [0.15, 0.2) is 17.3 Å². The first kappa shape index (κ1) is 15.8. The van der Waals surface area contributed by atoms with Gasteiger partial charge in [0.1, 0.15) is 0 Å². The molecule has 1 N–H and O–H groups in total. The molecule has 0 aliphatic heterocycles. The van der Waals surface area contributed by atoms with E-state index >= 15 is 0 Å². The van der Waals surface area contributed by atoms with E-state index in [2.05, 4.69) is 9.97 Å². The van der Waals surface area contributed by atoms with Crippen molar-refractivity contribution in [3.8, 4) is 11.5 Å². The van der Waals surface area contributed by atoms with Crippen molar-refractivity contribution in [2.24, 2.45) is 0 Å². The van der Waals surface area contributed by atoms with Crippen molar-refractivity contribution < 1.29 is 14.3 Å². The number of H-pyrrole nitrogens is 1. The van der Waals surface area contributed by atoms with Crippen LogP contribution < -0.4 is 9.47 Å². The van der Waals surface area contributed by atoms with Crippen LogP contribution in [0.15, 0.2) is 42.5 Å². The van der Waals surface area contributed by atoms with Gasteiger partial charge in [0.2, 0.25) is 5.78 Å². The number of methoxy groups -OCH3 is 2. The maximum Gasteiger partial charge on any atom is 0.221 e. The van der Waals surface area contributed by atoms with Crippen molar-refractivity contribution in [3.63, 3.8) is 0 Å². The summed E-state index contributed by atoms with van der Waals surface area (Å²) in [5, 5.41) is 0. The lowest BCUT2D eigenvalue weighted by atomic mass is 10.1. The van der Waals surface area contributed by atoms with Gasteiger partial charge in [-0.1, -0.05) is 18.2 Å². The van der Waals surface area contributed by atoms with E-state index < -0.39 is 0 Å². The van der Waals surface area contributed by atoms with Crippen LogP contribution in [0.2, 0.25) is 0 Å². The van der Waals surface area contributed by atoms with Gasteiger partial charge in [-0.2, -0.15) is 0 Å². The number of allylic oxidation sites excluding steroid dienone is 1. The van der Waals surface area contributed by atoms with Crippen molar-refractivity contribution >= 4 is 22.9 Å². The zero-order valence-electron chi connectivity index (χ0n) is 13.8. The number of imidazole rings is 1. The van der Waals surface area contributed by atoms with Crippen LogP contribution in [-0.4, -0.2) is 30.0 Å². The number of nitrogens with zero attached hydrogens (tertiary/aromatic N) is 1. The van der Waals surface area contributed by atoms with Gasteiger partial charge in [0.05, 0.1) is 25.3 Å². The number of fused-ring (bicyclic) bond motifs is 1. The lowest BCUT2D eigenvalue weighted by Gasteiger charge is -2.07. The number of aromatic nitrogens is 2. The minimum absolute atomic E-state index is 0.182. The highest BCUT2D eigenvalue weighted by Gasteiger charge is 2.09. The molecule has 0 saturated carbocycles. The smallest absolute Gasteiger partial charge is 0.221 e. The normalized spacial score (nSPS) is 11.1. The Bertz CT molecular complexity index is 926. The third kappa shape index (κ3) is 3.15. The molecular weight excluding hydrogens is 304 g/mol. The standard InChI is InChI=1S/C19H18N2O3/c1-12-4-7-14-15(10-12)21-19(20-14)16(22)8-5-13-6-9-17(23-2)18(11-13)24-3/h4-11H,1-3H3,(H,20,21)/b8-5-. The number of ketones is 1. The van der Waals surface area contributed by atoms with Gasteiger partial charge in [-0.25, -0.2) is 4.98 Å². The van der Waals surface area contributed by atoms with Gasteiger partial charge in [-0.05, 0) is 48.4 Å². The first-order valence-corrected chi connectivity index (χ1v) is 7.51. The Morgan fingerprint density at radius 1 is 1.08 bits per heavy atom. The highest BCUT2D eigenvalue weighted by Crippen LogP contribution is 2.28. The number of hydrogen-bond donors (Lipinski definition) is 1. The molecule has 5 nitrogen and oxygen atoms in total. The molecule has 5 heteroatoms. The molecule has 2 aromatic carbocycles. The molecule has 122 valence electrons. The van der Waals surface area contributed by atoms with Gasteiger partial charge in [0.25, 0.3) is 0 Å². The van der Waals surface area contributed by atoms with Crippen LogP contribution in [0.5, 0.6) is 11.5 Å². The Hall–Kier alpha value is -3.08. The molecule has 0 unspecified atom stereocenters. The number of carbonyl (C=O) groups is 1. The monoisotopic (exact) mass is 322 g/mol. The molecule has 24 heavy (non-hydrogen) atoms. The van der Waals surface area contributed by atoms with Gasteiger partial charge >= 0.3 is 0 Å². The minimum Gasteiger partial charge on any atom is -0.493 e. The second-order valence-corrected chi connectivity index (χ2v) is 5.42. The first-order valence-electron chi connectivity index (χ1n) is 7.51. The molecular formula is C19H18N2O3. The predicted molar refractivity (Wildman–Crippen MR) is 93.7 cm³/mol. The van der Waals surface area contributed by atoms with Crippen LogP contribution >= 0.6 is 0 Å². The number of aryl methyl sites for hydroxylation is 1. The fraction of sp³-hybridized carbons (Fsp3) is 0.158. The average molecular weight is 322 g/mol. The quantitative estimate of drug-likeness (QED) is 0.573. The second-order valence-electron chi connectivity index (χ2n) is 5.42. The van der Waals surface area contributed by atoms with Gasteiger partial charge in [-0.15, -0.1) is 0 Å². The number of rotatable bonds is 5. The number of carbonyl (C=O) groups excluding carboxylic acids is 1. The Balaban J connectivity index is 1.83. The SMILES string of the molecule is COc1ccc(/C=C\C(=O)c2nc3ccc(C)cc3[nH]2)cc1OC. The summed E-state index contributed by atoms with van der Waals surface area (Å²) in [4.78, 5) is 19.7. The lowest BCUT2D eigenvalue weighted by molar-refractivity contribution is 0.103. The number of aromatic amines is 1. The summed E-state index contributed by atoms with van der Waals surface area (Å²) in [5.74, 6) is 1.41. The maximum absolute atomic E-state index is 12.3. The second kappa shape index (κ2) is 6.58. The van der Waals surface area contributed by atoms with Crippen LogP contribution in [0.4, 0.5) is 0 Å². The topological polar surface area (TPSA) is 64.2 Å². The predicted octanol–water partition coefficient (Wildman–Crippen LogP) is 3.78. The molecule has 0 spiro atoms. The van der Waals surface area contributed by atoms with Crippen molar-refractivity contribution in [2.45, 2.75) is 6.92 Å². The summed E-state index contributed by atoms with van der Waals surface area (Å²) in [5.41, 5.74) is 3.60. The Morgan fingerprint density at radius 3 is 2.62 bits per heavy atom. The summed E-state index contributed by atoms with van der Waals surface area (Å²) in [6.45, 7) is 2.00. The summed E-state index contributed by atoms with van der Waals surface area (Å²) in [6.07, 6.45) is 3.22. The molecule has 0 fully saturated rings. The molecule has 3 rings (SSSR count). The molecule has 0 saturated heterocycles. The van der Waals surface area contributed by atoms with Gasteiger partial charge in [0, 0.05) is 0 Å². The third-order valence-electron chi connectivity index (χ3n) is 3.71. The van der Waals surface area contributed by atoms with Gasteiger partial charge < -0.3 is 14.5 Å². The highest BCUT2D eigenvalue weighted by molar-refractivity contribution is 6.05. The Morgan fingerprint density at radius 2 is 1.88 bits per heavy atom. The molecule has 3 aromatic rings. The van der Waals surface area contributed by atoms with Crippen LogP contribution in [-0.2, 0) is 0 Å². The number of hydrogen-bond acceptors (Lipinski definition) is 4. The maximum atomic E-state index is 12.3. The Labute approximate surface area is 139 Å². The third-order valence-corrected chi connectivity index (χ3v) is 3.71. The fourth-order valence-electron chi connectivity index (χ4n) is 2.45. The number of benzene rings is 2.